The third kappa shape index (κ3) is 10.6. The lowest BCUT2D eigenvalue weighted by Crippen LogP contribution is -2.21. The van der Waals surface area contributed by atoms with Gasteiger partial charge in [0.25, 0.3) is 0 Å². The standard InChI is InChI=1S/C17H26O3/c1-3-5-6-7-8-9-13-16(19)17(20)14-11-10-12-15(18)4-2/h9,13,15-20H,3-8H2,1-2H3/b13-9+/t15-,16+,17-/m1/s1. The third-order valence-corrected chi connectivity index (χ3v) is 2.79. The van der Waals surface area contributed by atoms with Gasteiger partial charge >= 0.3 is 0 Å². The van der Waals surface area contributed by atoms with Crippen LogP contribution in [0.3, 0.4) is 0 Å². The number of hydrogen-bond acceptors (Lipinski definition) is 3. The highest BCUT2D eigenvalue weighted by atomic mass is 16.3. The molecule has 0 fully saturated rings. The zero-order valence-electron chi connectivity index (χ0n) is 12.5. The van der Waals surface area contributed by atoms with E-state index in [1.165, 1.54) is 19.3 Å². The highest BCUT2D eigenvalue weighted by Gasteiger charge is 2.08. The predicted octanol–water partition coefficient (Wildman–Crippen LogP) is 2.01. The van der Waals surface area contributed by atoms with Crippen LogP contribution in [-0.4, -0.2) is 33.6 Å². The van der Waals surface area contributed by atoms with E-state index < -0.39 is 18.3 Å². The fourth-order valence-electron chi connectivity index (χ4n) is 1.45. The molecule has 0 aromatic rings. The molecule has 3 atom stereocenters. The molecule has 0 bridgehead atoms. The maximum absolute atomic E-state index is 9.64. The van der Waals surface area contributed by atoms with Gasteiger partial charge in [0, 0.05) is 0 Å². The molecule has 0 aromatic carbocycles. The van der Waals surface area contributed by atoms with Gasteiger partial charge in [-0.15, -0.1) is 0 Å². The van der Waals surface area contributed by atoms with E-state index in [1.807, 2.05) is 13.0 Å². The highest BCUT2D eigenvalue weighted by Crippen LogP contribution is 2.04. The van der Waals surface area contributed by atoms with Crippen molar-refractivity contribution < 1.29 is 15.3 Å². The van der Waals surface area contributed by atoms with E-state index in [2.05, 4.69) is 30.6 Å². The molecule has 0 aliphatic heterocycles. The predicted molar refractivity (Wildman–Crippen MR) is 81.8 cm³/mol. The van der Waals surface area contributed by atoms with Crippen LogP contribution in [0.4, 0.5) is 0 Å². The smallest absolute Gasteiger partial charge is 0.145 e. The van der Waals surface area contributed by atoms with Gasteiger partial charge in [-0.2, -0.15) is 0 Å². The lowest BCUT2D eigenvalue weighted by Gasteiger charge is -2.06. The summed E-state index contributed by atoms with van der Waals surface area (Å²) < 4.78 is 0. The Balaban J connectivity index is 4.02. The molecule has 3 nitrogen and oxygen atoms in total. The first-order chi connectivity index (χ1) is 9.61. The van der Waals surface area contributed by atoms with Crippen molar-refractivity contribution >= 4 is 0 Å². The number of aliphatic hydroxyl groups excluding tert-OH is 3. The van der Waals surface area contributed by atoms with Crippen LogP contribution >= 0.6 is 0 Å². The van der Waals surface area contributed by atoms with E-state index in [4.69, 9.17) is 0 Å². The summed E-state index contributed by atoms with van der Waals surface area (Å²) in [4.78, 5) is 0. The van der Waals surface area contributed by atoms with E-state index >= 15 is 0 Å². The normalized spacial score (nSPS) is 14.8. The molecule has 0 aliphatic rings. The van der Waals surface area contributed by atoms with E-state index in [0.717, 1.165) is 12.8 Å². The molecule has 3 heteroatoms. The van der Waals surface area contributed by atoms with E-state index in [-0.39, 0.29) is 0 Å². The Morgan fingerprint density at radius 2 is 1.65 bits per heavy atom. The second kappa shape index (κ2) is 12.8. The molecule has 0 amide bonds. The first-order valence-corrected chi connectivity index (χ1v) is 7.33. The van der Waals surface area contributed by atoms with Gasteiger partial charge in [-0.05, 0) is 31.1 Å². The Morgan fingerprint density at radius 1 is 0.950 bits per heavy atom. The Hall–Kier alpha value is -1.26. The summed E-state index contributed by atoms with van der Waals surface area (Å²) in [6.07, 6.45) is 6.78. The van der Waals surface area contributed by atoms with Crippen molar-refractivity contribution in [3.05, 3.63) is 12.2 Å². The van der Waals surface area contributed by atoms with Crippen molar-refractivity contribution in [2.24, 2.45) is 0 Å². The molecular weight excluding hydrogens is 252 g/mol. The minimum absolute atomic E-state index is 0.542. The monoisotopic (exact) mass is 278 g/mol. The Morgan fingerprint density at radius 3 is 2.30 bits per heavy atom. The first-order valence-electron chi connectivity index (χ1n) is 7.33. The molecule has 20 heavy (non-hydrogen) atoms. The van der Waals surface area contributed by atoms with Crippen LogP contribution in [0.15, 0.2) is 12.2 Å². The Bertz CT molecular complexity index is 379. The minimum atomic E-state index is -1.14. The SMILES string of the molecule is CCCCCC/C=C/[C@H](O)[C@H](O)C#CC#C[C@H](O)CC. The third-order valence-electron chi connectivity index (χ3n) is 2.79. The average molecular weight is 278 g/mol. The van der Waals surface area contributed by atoms with E-state index in [1.54, 1.807) is 6.08 Å². The topological polar surface area (TPSA) is 60.7 Å². The summed E-state index contributed by atoms with van der Waals surface area (Å²) in [7, 11) is 0. The summed E-state index contributed by atoms with van der Waals surface area (Å²) in [6.45, 7) is 3.98. The van der Waals surface area contributed by atoms with E-state index in [0.29, 0.717) is 6.42 Å². The largest absolute Gasteiger partial charge is 0.385 e. The lowest BCUT2D eigenvalue weighted by atomic mass is 10.1. The van der Waals surface area contributed by atoms with Crippen LogP contribution in [0.25, 0.3) is 0 Å². The molecule has 3 N–H and O–H groups in total. The summed E-state index contributed by atoms with van der Waals surface area (Å²) in [5, 5.41) is 28.4. The Labute approximate surface area is 122 Å². The second-order valence-electron chi connectivity index (χ2n) is 4.68. The molecular formula is C17H26O3. The number of rotatable bonds is 8. The van der Waals surface area contributed by atoms with Gasteiger partial charge in [-0.1, -0.05) is 57.1 Å². The zero-order valence-corrected chi connectivity index (χ0v) is 12.5. The molecule has 0 aliphatic carbocycles. The first kappa shape index (κ1) is 18.7. The van der Waals surface area contributed by atoms with Crippen molar-refractivity contribution in [1.82, 2.24) is 0 Å². The average Bonchev–Trinajstić information content (AvgIpc) is 2.46. The van der Waals surface area contributed by atoms with Crippen LogP contribution in [0.2, 0.25) is 0 Å². The van der Waals surface area contributed by atoms with Crippen molar-refractivity contribution in [1.29, 1.82) is 0 Å². The van der Waals surface area contributed by atoms with Crippen LogP contribution in [-0.2, 0) is 0 Å². The molecule has 0 saturated heterocycles. The van der Waals surface area contributed by atoms with Crippen molar-refractivity contribution in [2.75, 3.05) is 0 Å². The quantitative estimate of drug-likeness (QED) is 0.361. The summed E-state index contributed by atoms with van der Waals surface area (Å²) in [5.41, 5.74) is 0. The summed E-state index contributed by atoms with van der Waals surface area (Å²) in [6, 6.07) is 0. The van der Waals surface area contributed by atoms with Crippen LogP contribution < -0.4 is 0 Å². The maximum Gasteiger partial charge on any atom is 0.145 e. The van der Waals surface area contributed by atoms with Gasteiger partial charge in [0.2, 0.25) is 0 Å². The van der Waals surface area contributed by atoms with Gasteiger partial charge in [0.05, 0.1) is 0 Å². The zero-order chi connectivity index (χ0) is 15.2. The molecule has 0 spiro atoms. The number of hydrogen-bond donors (Lipinski definition) is 3. The number of allylic oxidation sites excluding steroid dienone is 1. The van der Waals surface area contributed by atoms with Crippen molar-refractivity contribution in [3.8, 4) is 23.7 Å². The fourth-order valence-corrected chi connectivity index (χ4v) is 1.45. The van der Waals surface area contributed by atoms with Crippen LogP contribution in [0.1, 0.15) is 52.4 Å². The molecule has 112 valence electrons. The van der Waals surface area contributed by atoms with E-state index in [9.17, 15) is 15.3 Å². The molecule has 0 heterocycles. The maximum atomic E-state index is 9.64. The fraction of sp³-hybridized carbons (Fsp3) is 0.647. The number of aliphatic hydroxyl groups is 3. The summed E-state index contributed by atoms with van der Waals surface area (Å²) >= 11 is 0. The van der Waals surface area contributed by atoms with Crippen LogP contribution in [0.5, 0.6) is 0 Å². The van der Waals surface area contributed by atoms with Gasteiger partial charge in [0.1, 0.15) is 18.3 Å². The molecule has 0 radical (unpaired) electrons. The van der Waals surface area contributed by atoms with Gasteiger partial charge < -0.3 is 15.3 Å². The summed E-state index contributed by atoms with van der Waals surface area (Å²) in [5.74, 6) is 9.85. The molecule has 0 saturated carbocycles. The number of unbranched alkanes of at least 4 members (excludes halogenated alkanes) is 4. The van der Waals surface area contributed by atoms with Gasteiger partial charge in [-0.25, -0.2) is 0 Å². The van der Waals surface area contributed by atoms with Crippen molar-refractivity contribution in [3.63, 3.8) is 0 Å². The Kier molecular flexibility index (Phi) is 12.0. The molecule has 0 rings (SSSR count). The second-order valence-corrected chi connectivity index (χ2v) is 4.68. The van der Waals surface area contributed by atoms with Crippen molar-refractivity contribution in [2.45, 2.75) is 70.7 Å². The molecule has 0 aromatic heterocycles. The van der Waals surface area contributed by atoms with Gasteiger partial charge in [0.15, 0.2) is 0 Å². The highest BCUT2D eigenvalue weighted by molar-refractivity contribution is 5.29. The van der Waals surface area contributed by atoms with Gasteiger partial charge in [-0.3, -0.25) is 0 Å². The minimum Gasteiger partial charge on any atom is -0.385 e. The van der Waals surface area contributed by atoms with Crippen LogP contribution in [0, 0.1) is 23.7 Å². The molecule has 0 unspecified atom stereocenters. The lowest BCUT2D eigenvalue weighted by molar-refractivity contribution is 0.0868.